The van der Waals surface area contributed by atoms with Gasteiger partial charge in [-0.2, -0.15) is 4.98 Å². The van der Waals surface area contributed by atoms with Gasteiger partial charge in [0.15, 0.2) is 11.5 Å². The maximum absolute atomic E-state index is 5.47. The van der Waals surface area contributed by atoms with Crippen LogP contribution < -0.4 is 10.2 Å². The second-order valence-corrected chi connectivity index (χ2v) is 7.70. The first-order chi connectivity index (χ1) is 13.6. The summed E-state index contributed by atoms with van der Waals surface area (Å²) in [6.07, 6.45) is 3.85. The Kier molecular flexibility index (Phi) is 5.43. The molecule has 7 heteroatoms. The Morgan fingerprint density at radius 2 is 1.96 bits per heavy atom. The summed E-state index contributed by atoms with van der Waals surface area (Å²) >= 11 is 0. The third-order valence-electron chi connectivity index (χ3n) is 5.14. The smallest absolute Gasteiger partial charge is 0.243 e. The number of nitrogens with zero attached hydrogens (tertiary/aromatic N) is 5. The minimum atomic E-state index is 0.327. The van der Waals surface area contributed by atoms with Gasteiger partial charge < -0.3 is 15.0 Å². The molecule has 0 amide bonds. The standard InChI is InChI=1S/C21H28N6O/c1-15(2)18-13-22-19-20(26(3)14-16-7-5-4-6-8-16)24-21(25-27(18)19)23-17-9-11-28-12-10-17/h4-8,13,15,17H,9-12,14H2,1-3H3,(H,23,25). The van der Waals surface area contributed by atoms with Gasteiger partial charge in [0, 0.05) is 32.8 Å². The van der Waals surface area contributed by atoms with E-state index in [1.54, 1.807) is 0 Å². The molecule has 7 nitrogen and oxygen atoms in total. The zero-order valence-electron chi connectivity index (χ0n) is 16.8. The first-order valence-corrected chi connectivity index (χ1v) is 9.97. The summed E-state index contributed by atoms with van der Waals surface area (Å²) in [5.41, 5.74) is 3.11. The number of nitrogens with one attached hydrogen (secondary N) is 1. The van der Waals surface area contributed by atoms with E-state index < -0.39 is 0 Å². The molecular weight excluding hydrogens is 352 g/mol. The summed E-state index contributed by atoms with van der Waals surface area (Å²) in [4.78, 5) is 11.6. The number of fused-ring (bicyclic) bond motifs is 1. The minimum Gasteiger partial charge on any atom is -0.381 e. The number of ether oxygens (including phenoxy) is 1. The zero-order chi connectivity index (χ0) is 19.5. The van der Waals surface area contributed by atoms with Crippen LogP contribution in [0.4, 0.5) is 11.8 Å². The van der Waals surface area contributed by atoms with Crippen LogP contribution in [0, 0.1) is 0 Å². The summed E-state index contributed by atoms with van der Waals surface area (Å²) in [5.74, 6) is 1.81. The molecule has 0 atom stereocenters. The summed E-state index contributed by atoms with van der Waals surface area (Å²) < 4.78 is 7.41. The molecular formula is C21H28N6O. The summed E-state index contributed by atoms with van der Waals surface area (Å²) in [7, 11) is 2.05. The van der Waals surface area contributed by atoms with E-state index in [4.69, 9.17) is 14.8 Å². The first-order valence-electron chi connectivity index (χ1n) is 9.97. The third kappa shape index (κ3) is 3.94. The van der Waals surface area contributed by atoms with E-state index in [9.17, 15) is 0 Å². The molecule has 1 N–H and O–H groups in total. The number of hydrogen-bond acceptors (Lipinski definition) is 6. The minimum absolute atomic E-state index is 0.327. The van der Waals surface area contributed by atoms with E-state index in [0.717, 1.165) is 49.8 Å². The maximum Gasteiger partial charge on any atom is 0.243 e. The summed E-state index contributed by atoms with van der Waals surface area (Å²) in [6, 6.07) is 10.7. The topological polar surface area (TPSA) is 67.6 Å². The predicted octanol–water partition coefficient (Wildman–Crippen LogP) is 3.48. The number of hydrogen-bond donors (Lipinski definition) is 1. The van der Waals surface area contributed by atoms with Crippen LogP contribution in [0.15, 0.2) is 36.5 Å². The quantitative estimate of drug-likeness (QED) is 0.706. The Morgan fingerprint density at radius 3 is 2.68 bits per heavy atom. The maximum atomic E-state index is 5.47. The molecule has 1 saturated heterocycles. The molecule has 2 aromatic heterocycles. The average molecular weight is 380 g/mol. The highest BCUT2D eigenvalue weighted by Crippen LogP contribution is 2.25. The van der Waals surface area contributed by atoms with Gasteiger partial charge >= 0.3 is 0 Å². The molecule has 3 aromatic rings. The number of imidazole rings is 1. The first kappa shape index (κ1) is 18.7. The van der Waals surface area contributed by atoms with Gasteiger partial charge in [-0.05, 0) is 24.3 Å². The molecule has 0 unspecified atom stereocenters. The number of anilines is 2. The van der Waals surface area contributed by atoms with Gasteiger partial charge in [0.05, 0.1) is 11.9 Å². The molecule has 0 radical (unpaired) electrons. The Bertz CT molecular complexity index is 917. The van der Waals surface area contributed by atoms with Crippen molar-refractivity contribution in [2.45, 2.75) is 45.2 Å². The van der Waals surface area contributed by atoms with E-state index >= 15 is 0 Å². The van der Waals surface area contributed by atoms with Gasteiger partial charge in [0.25, 0.3) is 0 Å². The van der Waals surface area contributed by atoms with Gasteiger partial charge in [0.2, 0.25) is 5.95 Å². The van der Waals surface area contributed by atoms with E-state index in [1.807, 2.05) is 16.8 Å². The zero-order valence-corrected chi connectivity index (χ0v) is 16.8. The lowest BCUT2D eigenvalue weighted by atomic mass is 10.1. The lowest BCUT2D eigenvalue weighted by Gasteiger charge is -2.24. The molecule has 1 aliphatic rings. The van der Waals surface area contributed by atoms with Gasteiger partial charge in [-0.25, -0.2) is 9.50 Å². The van der Waals surface area contributed by atoms with Crippen LogP contribution in [0.2, 0.25) is 0 Å². The molecule has 0 spiro atoms. The highest BCUT2D eigenvalue weighted by atomic mass is 16.5. The predicted molar refractivity (Wildman–Crippen MR) is 111 cm³/mol. The van der Waals surface area contributed by atoms with Gasteiger partial charge in [0.1, 0.15) is 0 Å². The third-order valence-corrected chi connectivity index (χ3v) is 5.14. The molecule has 0 aliphatic carbocycles. The molecule has 4 rings (SSSR count). The van der Waals surface area contributed by atoms with Crippen molar-refractivity contribution >= 4 is 17.4 Å². The van der Waals surface area contributed by atoms with Crippen LogP contribution >= 0.6 is 0 Å². The molecule has 3 heterocycles. The van der Waals surface area contributed by atoms with Crippen molar-refractivity contribution in [2.75, 3.05) is 30.5 Å². The van der Waals surface area contributed by atoms with E-state index in [2.05, 4.69) is 60.4 Å². The summed E-state index contributed by atoms with van der Waals surface area (Å²) in [5, 5.41) is 8.28. The largest absolute Gasteiger partial charge is 0.381 e. The lowest BCUT2D eigenvalue weighted by molar-refractivity contribution is 0.0903. The Labute approximate surface area is 165 Å². The van der Waals surface area contributed by atoms with Gasteiger partial charge in [-0.3, -0.25) is 0 Å². The molecule has 148 valence electrons. The second-order valence-electron chi connectivity index (χ2n) is 7.70. The van der Waals surface area contributed by atoms with Crippen molar-refractivity contribution in [1.29, 1.82) is 0 Å². The fourth-order valence-corrected chi connectivity index (χ4v) is 3.55. The van der Waals surface area contributed by atoms with Crippen LogP contribution in [0.3, 0.4) is 0 Å². The molecule has 28 heavy (non-hydrogen) atoms. The number of benzene rings is 1. The molecule has 0 saturated carbocycles. The van der Waals surface area contributed by atoms with E-state index in [0.29, 0.717) is 17.9 Å². The fraction of sp³-hybridized carbons (Fsp3) is 0.476. The SMILES string of the molecule is CC(C)c1cnc2c(N(C)Cc3ccccc3)nc(NC3CCOCC3)nn12. The van der Waals surface area contributed by atoms with Crippen LogP contribution in [-0.2, 0) is 11.3 Å². The molecule has 1 fully saturated rings. The highest BCUT2D eigenvalue weighted by Gasteiger charge is 2.20. The van der Waals surface area contributed by atoms with Crippen LogP contribution in [-0.4, -0.2) is 45.9 Å². The Balaban J connectivity index is 1.70. The Hall–Kier alpha value is -2.67. The molecule has 1 aliphatic heterocycles. The Morgan fingerprint density at radius 1 is 1.21 bits per heavy atom. The molecule has 1 aromatic carbocycles. The summed E-state index contributed by atoms with van der Waals surface area (Å²) in [6.45, 7) is 6.63. The van der Waals surface area contributed by atoms with Crippen molar-refractivity contribution in [3.63, 3.8) is 0 Å². The van der Waals surface area contributed by atoms with Crippen LogP contribution in [0.1, 0.15) is 43.9 Å². The van der Waals surface area contributed by atoms with Crippen LogP contribution in [0.5, 0.6) is 0 Å². The van der Waals surface area contributed by atoms with Gasteiger partial charge in [-0.15, -0.1) is 5.10 Å². The number of aromatic nitrogens is 4. The number of rotatable bonds is 6. The van der Waals surface area contributed by atoms with E-state index in [1.165, 1.54) is 5.56 Å². The van der Waals surface area contributed by atoms with E-state index in [-0.39, 0.29) is 0 Å². The lowest BCUT2D eigenvalue weighted by Crippen LogP contribution is -2.29. The van der Waals surface area contributed by atoms with Crippen molar-refractivity contribution in [1.82, 2.24) is 19.6 Å². The van der Waals surface area contributed by atoms with Crippen molar-refractivity contribution in [3.05, 3.63) is 47.8 Å². The second kappa shape index (κ2) is 8.14. The molecule has 0 bridgehead atoms. The van der Waals surface area contributed by atoms with Crippen LogP contribution in [0.25, 0.3) is 5.65 Å². The average Bonchev–Trinajstić information content (AvgIpc) is 3.13. The van der Waals surface area contributed by atoms with Crippen molar-refractivity contribution < 1.29 is 4.74 Å². The highest BCUT2D eigenvalue weighted by molar-refractivity contribution is 5.65. The van der Waals surface area contributed by atoms with Gasteiger partial charge in [-0.1, -0.05) is 44.2 Å². The normalized spacial score (nSPS) is 15.3. The van der Waals surface area contributed by atoms with Crippen molar-refractivity contribution in [3.8, 4) is 0 Å². The monoisotopic (exact) mass is 380 g/mol. The van der Waals surface area contributed by atoms with Crippen molar-refractivity contribution in [2.24, 2.45) is 0 Å². The fourth-order valence-electron chi connectivity index (χ4n) is 3.55.